The number of nitrogens with zero attached hydrogens (tertiary/aromatic N) is 1. The van der Waals surface area contributed by atoms with Crippen molar-refractivity contribution >= 4 is 0 Å². The number of aromatic nitrogens is 1. The first-order valence-corrected chi connectivity index (χ1v) is 7.16. The molecule has 0 atom stereocenters. The highest BCUT2D eigenvalue weighted by Crippen LogP contribution is 2.12. The Hall–Kier alpha value is -1.94. The molecule has 2 aromatic rings. The zero-order valence-corrected chi connectivity index (χ0v) is 12.5. The number of nitrogens with one attached hydrogen (secondary N) is 1. The van der Waals surface area contributed by atoms with Gasteiger partial charge < -0.3 is 10.1 Å². The zero-order valence-electron chi connectivity index (χ0n) is 12.5. The van der Waals surface area contributed by atoms with E-state index < -0.39 is 0 Å². The van der Waals surface area contributed by atoms with E-state index in [9.17, 15) is 4.39 Å². The van der Waals surface area contributed by atoms with Gasteiger partial charge in [0.15, 0.2) is 0 Å². The summed E-state index contributed by atoms with van der Waals surface area (Å²) in [5.74, 6) is 1.06. The van der Waals surface area contributed by atoms with Gasteiger partial charge >= 0.3 is 0 Å². The molecule has 0 spiro atoms. The first kappa shape index (κ1) is 15.4. The smallest absolute Gasteiger partial charge is 0.138 e. The van der Waals surface area contributed by atoms with Gasteiger partial charge in [-0.3, -0.25) is 4.98 Å². The molecule has 0 fully saturated rings. The summed E-state index contributed by atoms with van der Waals surface area (Å²) in [6.45, 7) is 6.40. The normalized spacial score (nSPS) is 10.9. The van der Waals surface area contributed by atoms with Gasteiger partial charge in [-0.15, -0.1) is 0 Å². The molecule has 0 amide bonds. The summed E-state index contributed by atoms with van der Waals surface area (Å²) in [5.41, 5.74) is 1.78. The largest absolute Gasteiger partial charge is 0.487 e. The summed E-state index contributed by atoms with van der Waals surface area (Å²) in [6, 6.07) is 10.2. The Morgan fingerprint density at radius 2 is 2.10 bits per heavy atom. The van der Waals surface area contributed by atoms with Crippen molar-refractivity contribution in [3.8, 4) is 5.75 Å². The highest BCUT2D eigenvalue weighted by molar-refractivity contribution is 5.21. The van der Waals surface area contributed by atoms with Crippen LogP contribution in [0.3, 0.4) is 0 Å². The summed E-state index contributed by atoms with van der Waals surface area (Å²) in [6.07, 6.45) is 1.70. The van der Waals surface area contributed by atoms with Crippen LogP contribution < -0.4 is 10.1 Å². The molecule has 0 unspecified atom stereocenters. The second kappa shape index (κ2) is 7.74. The van der Waals surface area contributed by atoms with Crippen molar-refractivity contribution in [1.29, 1.82) is 0 Å². The lowest BCUT2D eigenvalue weighted by Gasteiger charge is -2.08. The molecule has 0 radical (unpaired) electrons. The van der Waals surface area contributed by atoms with Gasteiger partial charge in [-0.25, -0.2) is 4.39 Å². The Balaban J connectivity index is 1.82. The van der Waals surface area contributed by atoms with Gasteiger partial charge in [0, 0.05) is 6.54 Å². The van der Waals surface area contributed by atoms with E-state index in [1.807, 2.05) is 18.2 Å². The zero-order chi connectivity index (χ0) is 15.1. The molecule has 0 saturated carbocycles. The molecular formula is C17H21FN2O. The minimum Gasteiger partial charge on any atom is -0.487 e. The standard InChI is InChI=1S/C17H21FN2O/c1-13(2)9-19-10-16-6-7-17(11-20-16)21-12-14-4-3-5-15(18)8-14/h3-8,11,13,19H,9-10,12H2,1-2H3. The van der Waals surface area contributed by atoms with Crippen LogP contribution in [0.15, 0.2) is 42.6 Å². The topological polar surface area (TPSA) is 34.1 Å². The van der Waals surface area contributed by atoms with Crippen LogP contribution in [0.4, 0.5) is 4.39 Å². The van der Waals surface area contributed by atoms with Gasteiger partial charge in [0.2, 0.25) is 0 Å². The molecule has 3 nitrogen and oxygen atoms in total. The fourth-order valence-electron chi connectivity index (χ4n) is 1.88. The van der Waals surface area contributed by atoms with E-state index in [0.29, 0.717) is 18.3 Å². The van der Waals surface area contributed by atoms with E-state index in [0.717, 1.165) is 24.3 Å². The van der Waals surface area contributed by atoms with E-state index in [2.05, 4.69) is 24.1 Å². The molecule has 1 aromatic carbocycles. The fourth-order valence-corrected chi connectivity index (χ4v) is 1.88. The maximum absolute atomic E-state index is 13.0. The van der Waals surface area contributed by atoms with Gasteiger partial charge in [-0.05, 0) is 42.3 Å². The quantitative estimate of drug-likeness (QED) is 0.846. The number of ether oxygens (including phenoxy) is 1. The first-order chi connectivity index (χ1) is 10.1. The van der Waals surface area contributed by atoms with E-state index in [-0.39, 0.29) is 5.82 Å². The van der Waals surface area contributed by atoms with Gasteiger partial charge in [-0.2, -0.15) is 0 Å². The number of hydrogen-bond donors (Lipinski definition) is 1. The van der Waals surface area contributed by atoms with E-state index in [1.54, 1.807) is 12.3 Å². The highest BCUT2D eigenvalue weighted by Gasteiger charge is 2.00. The maximum Gasteiger partial charge on any atom is 0.138 e. The Labute approximate surface area is 125 Å². The van der Waals surface area contributed by atoms with Gasteiger partial charge in [-0.1, -0.05) is 26.0 Å². The molecule has 0 saturated heterocycles. The van der Waals surface area contributed by atoms with Gasteiger partial charge in [0.05, 0.1) is 11.9 Å². The molecule has 1 N–H and O–H groups in total. The second-order valence-electron chi connectivity index (χ2n) is 5.43. The predicted molar refractivity (Wildman–Crippen MR) is 81.5 cm³/mol. The average Bonchev–Trinajstić information content (AvgIpc) is 2.46. The summed E-state index contributed by atoms with van der Waals surface area (Å²) >= 11 is 0. The first-order valence-electron chi connectivity index (χ1n) is 7.16. The lowest BCUT2D eigenvalue weighted by molar-refractivity contribution is 0.304. The van der Waals surface area contributed by atoms with Crippen LogP contribution in [0.1, 0.15) is 25.1 Å². The van der Waals surface area contributed by atoms with Crippen molar-refractivity contribution in [2.24, 2.45) is 5.92 Å². The van der Waals surface area contributed by atoms with Crippen LogP contribution in [0.5, 0.6) is 5.75 Å². The maximum atomic E-state index is 13.0. The number of halogens is 1. The molecule has 2 rings (SSSR count). The number of hydrogen-bond acceptors (Lipinski definition) is 3. The number of rotatable bonds is 7. The van der Waals surface area contributed by atoms with Crippen LogP contribution in [0.25, 0.3) is 0 Å². The third kappa shape index (κ3) is 5.52. The van der Waals surface area contributed by atoms with Crippen molar-refractivity contribution in [1.82, 2.24) is 10.3 Å². The van der Waals surface area contributed by atoms with Crippen LogP contribution in [0, 0.1) is 11.7 Å². The average molecular weight is 288 g/mol. The predicted octanol–water partition coefficient (Wildman–Crippen LogP) is 3.55. The van der Waals surface area contributed by atoms with Crippen molar-refractivity contribution in [2.45, 2.75) is 27.0 Å². The summed E-state index contributed by atoms with van der Waals surface area (Å²) in [5, 5.41) is 3.34. The van der Waals surface area contributed by atoms with Crippen molar-refractivity contribution < 1.29 is 9.13 Å². The van der Waals surface area contributed by atoms with Crippen LogP contribution in [-0.2, 0) is 13.2 Å². The minimum atomic E-state index is -0.249. The monoisotopic (exact) mass is 288 g/mol. The summed E-state index contributed by atoms with van der Waals surface area (Å²) in [4.78, 5) is 4.34. The van der Waals surface area contributed by atoms with Crippen molar-refractivity contribution in [2.75, 3.05) is 6.54 Å². The fraction of sp³-hybridized carbons (Fsp3) is 0.353. The van der Waals surface area contributed by atoms with Crippen molar-refractivity contribution in [3.05, 3.63) is 59.7 Å². The van der Waals surface area contributed by atoms with E-state index >= 15 is 0 Å². The van der Waals surface area contributed by atoms with Crippen LogP contribution >= 0.6 is 0 Å². The summed E-state index contributed by atoms with van der Waals surface area (Å²) < 4.78 is 18.6. The van der Waals surface area contributed by atoms with Gasteiger partial charge in [0.25, 0.3) is 0 Å². The third-order valence-electron chi connectivity index (χ3n) is 2.95. The number of pyridine rings is 1. The SMILES string of the molecule is CC(C)CNCc1ccc(OCc2cccc(F)c2)cn1. The van der Waals surface area contributed by atoms with E-state index in [1.165, 1.54) is 12.1 Å². The molecule has 0 bridgehead atoms. The third-order valence-corrected chi connectivity index (χ3v) is 2.95. The summed E-state index contributed by atoms with van der Waals surface area (Å²) in [7, 11) is 0. The molecule has 21 heavy (non-hydrogen) atoms. The Bertz CT molecular complexity index is 555. The molecule has 4 heteroatoms. The van der Waals surface area contributed by atoms with Crippen LogP contribution in [0.2, 0.25) is 0 Å². The van der Waals surface area contributed by atoms with Crippen LogP contribution in [-0.4, -0.2) is 11.5 Å². The lowest BCUT2D eigenvalue weighted by Crippen LogP contribution is -2.19. The Kier molecular flexibility index (Phi) is 5.69. The second-order valence-corrected chi connectivity index (χ2v) is 5.43. The minimum absolute atomic E-state index is 0.249. The molecule has 0 aliphatic carbocycles. The molecule has 0 aliphatic rings. The lowest BCUT2D eigenvalue weighted by atomic mass is 10.2. The molecule has 1 aromatic heterocycles. The molecule has 112 valence electrons. The van der Waals surface area contributed by atoms with E-state index in [4.69, 9.17) is 4.74 Å². The molecule has 1 heterocycles. The highest BCUT2D eigenvalue weighted by atomic mass is 19.1. The Morgan fingerprint density at radius 1 is 1.24 bits per heavy atom. The number of benzene rings is 1. The Morgan fingerprint density at radius 3 is 2.76 bits per heavy atom. The molecular weight excluding hydrogens is 267 g/mol. The van der Waals surface area contributed by atoms with Crippen molar-refractivity contribution in [3.63, 3.8) is 0 Å². The van der Waals surface area contributed by atoms with Gasteiger partial charge in [0.1, 0.15) is 18.2 Å². The molecule has 0 aliphatic heterocycles.